The average molecular weight is 461 g/mol. The van der Waals surface area contributed by atoms with Crippen LogP contribution in [0.25, 0.3) is 0 Å². The molecule has 0 spiro atoms. The van der Waals surface area contributed by atoms with E-state index in [1.807, 2.05) is 25.3 Å². The van der Waals surface area contributed by atoms with E-state index in [9.17, 15) is 13.2 Å². The number of hydrogen-bond acceptors (Lipinski definition) is 4. The van der Waals surface area contributed by atoms with Crippen LogP contribution in [0.4, 0.5) is 0 Å². The number of carbonyl (C=O) groups is 1. The Labute approximate surface area is 190 Å². The van der Waals surface area contributed by atoms with E-state index in [0.717, 1.165) is 36.8 Å². The van der Waals surface area contributed by atoms with E-state index in [1.165, 1.54) is 11.3 Å². The molecule has 1 amide bonds. The summed E-state index contributed by atoms with van der Waals surface area (Å²) in [6, 6.07) is 15.0. The first-order valence-corrected chi connectivity index (χ1v) is 13.6. The van der Waals surface area contributed by atoms with Gasteiger partial charge in [0, 0.05) is 17.4 Å². The van der Waals surface area contributed by atoms with Gasteiger partial charge in [0.15, 0.2) is 0 Å². The van der Waals surface area contributed by atoms with Crippen molar-refractivity contribution in [3.05, 3.63) is 59.7 Å². The number of amides is 1. The number of hydrogen-bond donors (Lipinski definition) is 2. The molecule has 2 aromatic carbocycles. The number of carbonyl (C=O) groups excluding carboxylic acids is 1. The predicted molar refractivity (Wildman–Crippen MR) is 127 cm³/mol. The summed E-state index contributed by atoms with van der Waals surface area (Å²) in [5, 5.41) is 3.03. The van der Waals surface area contributed by atoms with Crippen LogP contribution in [0.3, 0.4) is 0 Å². The standard InChI is InChI=1S/C24H32N2O3S2/c1-18(20-11-13-22(30-2)14-12-20)25-24(27)17-10-19-8-15-23(16-9-19)31(28,29)26-21-6-4-3-5-7-21/h8-9,11-16,18,21,26H,3-7,10,17H2,1-2H3,(H,25,27)/t18-/m0/s1. The molecule has 0 heterocycles. The topological polar surface area (TPSA) is 75.3 Å². The van der Waals surface area contributed by atoms with E-state index in [2.05, 4.69) is 22.2 Å². The van der Waals surface area contributed by atoms with Gasteiger partial charge in [0.1, 0.15) is 0 Å². The van der Waals surface area contributed by atoms with E-state index in [-0.39, 0.29) is 22.9 Å². The Balaban J connectivity index is 1.49. The molecule has 0 radical (unpaired) electrons. The smallest absolute Gasteiger partial charge is 0.240 e. The molecule has 31 heavy (non-hydrogen) atoms. The summed E-state index contributed by atoms with van der Waals surface area (Å²) >= 11 is 1.69. The van der Waals surface area contributed by atoms with Gasteiger partial charge in [0.25, 0.3) is 0 Å². The molecule has 3 rings (SSSR count). The third-order valence-electron chi connectivity index (χ3n) is 5.79. The number of rotatable bonds is 9. The van der Waals surface area contributed by atoms with Crippen LogP contribution in [0.2, 0.25) is 0 Å². The van der Waals surface area contributed by atoms with Crippen LogP contribution in [0.15, 0.2) is 58.3 Å². The van der Waals surface area contributed by atoms with Gasteiger partial charge in [-0.1, -0.05) is 43.5 Å². The molecule has 1 fully saturated rings. The van der Waals surface area contributed by atoms with Crippen molar-refractivity contribution >= 4 is 27.7 Å². The second-order valence-electron chi connectivity index (χ2n) is 8.16. The largest absolute Gasteiger partial charge is 0.350 e. The average Bonchev–Trinajstić information content (AvgIpc) is 2.78. The van der Waals surface area contributed by atoms with Crippen molar-refractivity contribution in [3.63, 3.8) is 0 Å². The summed E-state index contributed by atoms with van der Waals surface area (Å²) in [6.45, 7) is 1.98. The molecule has 0 aliphatic heterocycles. The number of nitrogens with one attached hydrogen (secondary N) is 2. The second-order valence-corrected chi connectivity index (χ2v) is 10.8. The third-order valence-corrected chi connectivity index (χ3v) is 8.07. The van der Waals surface area contributed by atoms with Crippen molar-refractivity contribution in [2.75, 3.05) is 6.26 Å². The Morgan fingerprint density at radius 3 is 2.29 bits per heavy atom. The minimum Gasteiger partial charge on any atom is -0.350 e. The minimum atomic E-state index is -3.49. The van der Waals surface area contributed by atoms with Gasteiger partial charge in [0.2, 0.25) is 15.9 Å². The van der Waals surface area contributed by atoms with Gasteiger partial charge < -0.3 is 5.32 Å². The van der Waals surface area contributed by atoms with Crippen LogP contribution in [-0.4, -0.2) is 26.6 Å². The molecule has 0 aromatic heterocycles. The van der Waals surface area contributed by atoms with Crippen molar-refractivity contribution in [1.82, 2.24) is 10.0 Å². The van der Waals surface area contributed by atoms with Crippen LogP contribution in [-0.2, 0) is 21.2 Å². The van der Waals surface area contributed by atoms with E-state index in [4.69, 9.17) is 0 Å². The van der Waals surface area contributed by atoms with Crippen molar-refractivity contribution < 1.29 is 13.2 Å². The van der Waals surface area contributed by atoms with Crippen LogP contribution in [0.5, 0.6) is 0 Å². The van der Waals surface area contributed by atoms with Crippen LogP contribution in [0.1, 0.15) is 62.6 Å². The molecule has 0 unspecified atom stereocenters. The van der Waals surface area contributed by atoms with E-state index < -0.39 is 10.0 Å². The molecular weight excluding hydrogens is 428 g/mol. The molecule has 1 atom stereocenters. The van der Waals surface area contributed by atoms with Crippen molar-refractivity contribution in [1.29, 1.82) is 0 Å². The lowest BCUT2D eigenvalue weighted by molar-refractivity contribution is -0.121. The minimum absolute atomic E-state index is 0.0166. The van der Waals surface area contributed by atoms with E-state index in [0.29, 0.717) is 12.8 Å². The first-order valence-electron chi connectivity index (χ1n) is 10.9. The highest BCUT2D eigenvalue weighted by Gasteiger charge is 2.21. The maximum Gasteiger partial charge on any atom is 0.240 e. The molecule has 7 heteroatoms. The van der Waals surface area contributed by atoms with Crippen LogP contribution < -0.4 is 10.0 Å². The molecule has 1 saturated carbocycles. The fourth-order valence-corrected chi connectivity index (χ4v) is 5.60. The SMILES string of the molecule is CSc1ccc([C@H](C)NC(=O)CCc2ccc(S(=O)(=O)NC3CCCCC3)cc2)cc1. The third kappa shape index (κ3) is 7.09. The summed E-state index contributed by atoms with van der Waals surface area (Å²) in [5.74, 6) is -0.0166. The lowest BCUT2D eigenvalue weighted by atomic mass is 9.96. The van der Waals surface area contributed by atoms with Gasteiger partial charge >= 0.3 is 0 Å². The zero-order valence-corrected chi connectivity index (χ0v) is 19.9. The normalized spacial score (nSPS) is 16.1. The molecule has 5 nitrogen and oxygen atoms in total. The molecule has 1 aliphatic carbocycles. The number of benzene rings is 2. The summed E-state index contributed by atoms with van der Waals surface area (Å²) < 4.78 is 28.0. The van der Waals surface area contributed by atoms with Crippen molar-refractivity contribution in [2.45, 2.75) is 73.7 Å². The number of thioether (sulfide) groups is 1. The molecule has 168 valence electrons. The van der Waals surface area contributed by atoms with Crippen molar-refractivity contribution in [3.8, 4) is 0 Å². The van der Waals surface area contributed by atoms with Gasteiger partial charge in [-0.25, -0.2) is 13.1 Å². The Hall–Kier alpha value is -1.83. The molecule has 2 aromatic rings. The fourth-order valence-electron chi connectivity index (χ4n) is 3.89. The fraction of sp³-hybridized carbons (Fsp3) is 0.458. The zero-order chi connectivity index (χ0) is 22.3. The first-order chi connectivity index (χ1) is 14.9. The zero-order valence-electron chi connectivity index (χ0n) is 18.3. The van der Waals surface area contributed by atoms with Crippen LogP contribution >= 0.6 is 11.8 Å². The van der Waals surface area contributed by atoms with E-state index >= 15 is 0 Å². The quantitative estimate of drug-likeness (QED) is 0.526. The highest BCUT2D eigenvalue weighted by molar-refractivity contribution is 7.98. The Bertz CT molecular complexity index is 951. The predicted octanol–water partition coefficient (Wildman–Crippen LogP) is 4.83. The highest BCUT2D eigenvalue weighted by Crippen LogP contribution is 2.21. The molecule has 0 bridgehead atoms. The van der Waals surface area contributed by atoms with Gasteiger partial charge in [-0.3, -0.25) is 4.79 Å². The molecule has 1 aliphatic rings. The van der Waals surface area contributed by atoms with Gasteiger partial charge in [-0.05, 0) is 67.8 Å². The highest BCUT2D eigenvalue weighted by atomic mass is 32.2. The molecular formula is C24H32N2O3S2. The lowest BCUT2D eigenvalue weighted by Crippen LogP contribution is -2.36. The van der Waals surface area contributed by atoms with Crippen molar-refractivity contribution in [2.24, 2.45) is 0 Å². The number of sulfonamides is 1. The van der Waals surface area contributed by atoms with Crippen LogP contribution in [0, 0.1) is 0 Å². The lowest BCUT2D eigenvalue weighted by Gasteiger charge is -2.22. The monoisotopic (exact) mass is 460 g/mol. The number of aryl methyl sites for hydroxylation is 1. The maximum atomic E-state index is 12.6. The Kier molecular flexibility index (Phi) is 8.58. The summed E-state index contributed by atoms with van der Waals surface area (Å²) in [5.41, 5.74) is 2.02. The second kappa shape index (κ2) is 11.2. The summed E-state index contributed by atoms with van der Waals surface area (Å²) in [6.07, 6.45) is 8.13. The Morgan fingerprint density at radius 1 is 1.03 bits per heavy atom. The molecule has 0 saturated heterocycles. The summed E-state index contributed by atoms with van der Waals surface area (Å²) in [4.78, 5) is 13.8. The van der Waals surface area contributed by atoms with E-state index in [1.54, 1.807) is 36.0 Å². The van der Waals surface area contributed by atoms with Gasteiger partial charge in [0.05, 0.1) is 10.9 Å². The van der Waals surface area contributed by atoms with Gasteiger partial charge in [-0.2, -0.15) is 0 Å². The van der Waals surface area contributed by atoms with Gasteiger partial charge in [-0.15, -0.1) is 11.8 Å². The maximum absolute atomic E-state index is 12.6. The first kappa shape index (κ1) is 23.8. The summed E-state index contributed by atoms with van der Waals surface area (Å²) in [7, 11) is -3.49. The molecule has 2 N–H and O–H groups in total. The Morgan fingerprint density at radius 2 is 1.68 bits per heavy atom.